The number of benzene rings is 1. The number of rotatable bonds is 6. The normalized spacial score (nSPS) is 19.8. The van der Waals surface area contributed by atoms with Crippen molar-refractivity contribution in [2.75, 3.05) is 13.2 Å². The Morgan fingerprint density at radius 3 is 2.85 bits per heavy atom. The molecular weight excluding hydrogens is 338 g/mol. The van der Waals surface area contributed by atoms with Crippen LogP contribution >= 0.6 is 0 Å². The van der Waals surface area contributed by atoms with Gasteiger partial charge in [-0.1, -0.05) is 30.3 Å². The van der Waals surface area contributed by atoms with Crippen molar-refractivity contribution in [1.82, 2.24) is 14.9 Å². The van der Waals surface area contributed by atoms with Gasteiger partial charge in [0.2, 0.25) is 5.91 Å². The molecule has 138 valence electrons. The summed E-state index contributed by atoms with van der Waals surface area (Å²) in [6, 6.07) is 10.7. The molecule has 0 saturated carbocycles. The van der Waals surface area contributed by atoms with Crippen LogP contribution in [-0.4, -0.2) is 40.8 Å². The third-order valence-electron chi connectivity index (χ3n) is 4.16. The van der Waals surface area contributed by atoms with Crippen molar-refractivity contribution in [3.05, 3.63) is 69.0 Å². The second-order valence-electron chi connectivity index (χ2n) is 6.11. The summed E-state index contributed by atoms with van der Waals surface area (Å²) in [5.41, 5.74) is -0.0602. The highest BCUT2D eigenvalue weighted by molar-refractivity contribution is 5.76. The molecule has 2 aromatic rings. The van der Waals surface area contributed by atoms with Crippen LogP contribution in [0.2, 0.25) is 0 Å². The summed E-state index contributed by atoms with van der Waals surface area (Å²) in [5, 5.41) is 2.85. The molecule has 1 aliphatic heterocycles. The lowest BCUT2D eigenvalue weighted by Gasteiger charge is -2.32. The molecule has 2 N–H and O–H groups in total. The van der Waals surface area contributed by atoms with Gasteiger partial charge in [-0.2, -0.15) is 0 Å². The van der Waals surface area contributed by atoms with Gasteiger partial charge < -0.3 is 14.8 Å². The summed E-state index contributed by atoms with van der Waals surface area (Å²) >= 11 is 0. The average molecular weight is 359 g/mol. The zero-order valence-electron chi connectivity index (χ0n) is 14.2. The lowest BCUT2D eigenvalue weighted by Crippen LogP contribution is -2.51. The molecule has 26 heavy (non-hydrogen) atoms. The van der Waals surface area contributed by atoms with Crippen molar-refractivity contribution in [2.24, 2.45) is 0 Å². The minimum Gasteiger partial charge on any atom is -0.379 e. The van der Waals surface area contributed by atoms with Crippen molar-refractivity contribution < 1.29 is 14.3 Å². The number of amides is 1. The number of ether oxygens (including phenoxy) is 2. The summed E-state index contributed by atoms with van der Waals surface area (Å²) in [6.07, 6.45) is 1.80. The molecule has 1 amide bonds. The zero-order chi connectivity index (χ0) is 18.4. The summed E-state index contributed by atoms with van der Waals surface area (Å²) in [5.74, 6) is -0.344. The molecule has 2 atom stereocenters. The second kappa shape index (κ2) is 8.59. The quantitative estimate of drug-likeness (QED) is 0.757. The van der Waals surface area contributed by atoms with E-state index in [0.29, 0.717) is 26.2 Å². The van der Waals surface area contributed by atoms with Gasteiger partial charge in [0, 0.05) is 18.9 Å². The van der Waals surface area contributed by atoms with Gasteiger partial charge in [0.05, 0.1) is 25.4 Å². The van der Waals surface area contributed by atoms with Gasteiger partial charge in [-0.25, -0.2) is 4.79 Å². The molecule has 8 nitrogen and oxygen atoms in total. The Morgan fingerprint density at radius 1 is 1.27 bits per heavy atom. The Bertz CT molecular complexity index is 846. The summed E-state index contributed by atoms with van der Waals surface area (Å²) in [6.45, 7) is 1.20. The van der Waals surface area contributed by atoms with E-state index in [-0.39, 0.29) is 24.6 Å². The number of aromatic amines is 1. The van der Waals surface area contributed by atoms with Gasteiger partial charge >= 0.3 is 5.69 Å². The maximum atomic E-state index is 12.3. The smallest absolute Gasteiger partial charge is 0.328 e. The topological polar surface area (TPSA) is 102 Å². The van der Waals surface area contributed by atoms with E-state index in [0.717, 1.165) is 10.1 Å². The third kappa shape index (κ3) is 4.90. The van der Waals surface area contributed by atoms with Crippen LogP contribution in [0, 0.1) is 0 Å². The Morgan fingerprint density at radius 2 is 2.08 bits per heavy atom. The van der Waals surface area contributed by atoms with Crippen LogP contribution in [0.5, 0.6) is 0 Å². The minimum absolute atomic E-state index is 0.166. The van der Waals surface area contributed by atoms with Crippen LogP contribution in [0.1, 0.15) is 12.0 Å². The van der Waals surface area contributed by atoms with Crippen molar-refractivity contribution in [2.45, 2.75) is 31.7 Å². The fraction of sp³-hybridized carbons (Fsp3) is 0.389. The largest absolute Gasteiger partial charge is 0.379 e. The molecule has 1 aliphatic rings. The monoisotopic (exact) mass is 359 g/mol. The first kappa shape index (κ1) is 18.1. The molecule has 8 heteroatoms. The van der Waals surface area contributed by atoms with E-state index in [9.17, 15) is 14.4 Å². The first-order valence-corrected chi connectivity index (χ1v) is 8.44. The van der Waals surface area contributed by atoms with Crippen molar-refractivity contribution >= 4 is 5.91 Å². The minimum atomic E-state index is -0.621. The highest BCUT2D eigenvalue weighted by atomic mass is 16.5. The maximum absolute atomic E-state index is 12.3. The molecule has 2 heterocycles. The number of nitrogens with zero attached hydrogens (tertiary/aromatic N) is 1. The maximum Gasteiger partial charge on any atom is 0.328 e. The van der Waals surface area contributed by atoms with Crippen LogP contribution in [0.25, 0.3) is 0 Å². The lowest BCUT2D eigenvalue weighted by molar-refractivity contribution is -0.127. The summed E-state index contributed by atoms with van der Waals surface area (Å²) < 4.78 is 12.5. The Kier molecular flexibility index (Phi) is 5.98. The average Bonchev–Trinajstić information content (AvgIpc) is 2.64. The highest BCUT2D eigenvalue weighted by Crippen LogP contribution is 2.14. The van der Waals surface area contributed by atoms with E-state index in [4.69, 9.17) is 9.47 Å². The fourth-order valence-electron chi connectivity index (χ4n) is 2.81. The molecule has 0 aliphatic carbocycles. The fourth-order valence-corrected chi connectivity index (χ4v) is 2.81. The number of hydrogen-bond acceptors (Lipinski definition) is 5. The molecule has 1 saturated heterocycles. The van der Waals surface area contributed by atoms with E-state index in [2.05, 4.69) is 10.3 Å². The number of aromatic nitrogens is 2. The highest BCUT2D eigenvalue weighted by Gasteiger charge is 2.28. The van der Waals surface area contributed by atoms with Gasteiger partial charge in [-0.15, -0.1) is 0 Å². The predicted molar refractivity (Wildman–Crippen MR) is 93.7 cm³/mol. The second-order valence-corrected chi connectivity index (χ2v) is 6.11. The molecule has 3 rings (SSSR count). The van der Waals surface area contributed by atoms with Crippen LogP contribution in [0.15, 0.2) is 52.2 Å². The molecule has 0 radical (unpaired) electrons. The van der Waals surface area contributed by atoms with Gasteiger partial charge in [0.25, 0.3) is 5.56 Å². The Hall–Kier alpha value is -2.71. The number of carbonyl (C=O) groups excluding carboxylic acids is 1. The van der Waals surface area contributed by atoms with E-state index >= 15 is 0 Å². The van der Waals surface area contributed by atoms with E-state index in [1.165, 1.54) is 12.3 Å². The molecule has 1 fully saturated rings. The van der Waals surface area contributed by atoms with Crippen molar-refractivity contribution in [3.8, 4) is 0 Å². The molecule has 0 spiro atoms. The SMILES string of the molecule is O=C(Cn1ccc(=O)[nH]c1=O)N[C@@H]1COCC[C@@H]1OCc1ccccc1. The van der Waals surface area contributed by atoms with E-state index < -0.39 is 11.2 Å². The summed E-state index contributed by atoms with van der Waals surface area (Å²) in [4.78, 5) is 37.1. The Balaban J connectivity index is 1.57. The summed E-state index contributed by atoms with van der Waals surface area (Å²) in [7, 11) is 0. The van der Waals surface area contributed by atoms with E-state index in [1.807, 2.05) is 30.3 Å². The zero-order valence-corrected chi connectivity index (χ0v) is 14.2. The van der Waals surface area contributed by atoms with Gasteiger partial charge in [-0.3, -0.25) is 19.1 Å². The van der Waals surface area contributed by atoms with E-state index in [1.54, 1.807) is 0 Å². The molecule has 0 unspecified atom stereocenters. The standard InChI is InChI=1S/C18H21N3O5/c22-16-6-8-21(18(24)20-16)10-17(23)19-14-12-25-9-7-15(14)26-11-13-4-2-1-3-5-13/h1-6,8,14-15H,7,9-12H2,(H,19,23)(H,20,22,24)/t14-,15+/m1/s1. The van der Waals surface area contributed by atoms with Crippen molar-refractivity contribution in [1.29, 1.82) is 0 Å². The van der Waals surface area contributed by atoms with Gasteiger partial charge in [0.15, 0.2) is 0 Å². The van der Waals surface area contributed by atoms with Crippen LogP contribution < -0.4 is 16.6 Å². The Labute approximate surface area is 149 Å². The van der Waals surface area contributed by atoms with Gasteiger partial charge in [-0.05, 0) is 12.0 Å². The molecular formula is C18H21N3O5. The van der Waals surface area contributed by atoms with Crippen molar-refractivity contribution in [3.63, 3.8) is 0 Å². The number of H-pyrrole nitrogens is 1. The number of carbonyl (C=O) groups is 1. The molecule has 1 aromatic carbocycles. The third-order valence-corrected chi connectivity index (χ3v) is 4.16. The van der Waals surface area contributed by atoms with Crippen LogP contribution in [0.4, 0.5) is 0 Å². The number of nitrogens with one attached hydrogen (secondary N) is 2. The predicted octanol–water partition coefficient (Wildman–Crippen LogP) is 0.0271. The first-order chi connectivity index (χ1) is 12.6. The number of hydrogen-bond donors (Lipinski definition) is 2. The van der Waals surface area contributed by atoms with Crippen LogP contribution in [-0.2, 0) is 27.4 Å². The van der Waals surface area contributed by atoms with Crippen LogP contribution in [0.3, 0.4) is 0 Å². The lowest BCUT2D eigenvalue weighted by atomic mass is 10.1. The molecule has 0 bridgehead atoms. The molecule has 1 aromatic heterocycles. The van der Waals surface area contributed by atoms with Gasteiger partial charge in [0.1, 0.15) is 6.54 Å². The first-order valence-electron chi connectivity index (χ1n) is 8.44.